The first-order chi connectivity index (χ1) is 13.0. The average molecular weight is 408 g/mol. The molecule has 0 aliphatic carbocycles. The lowest BCUT2D eigenvalue weighted by Gasteiger charge is -2.10. The van der Waals surface area contributed by atoms with Crippen molar-refractivity contribution in [2.24, 2.45) is 7.05 Å². The first-order valence-electron chi connectivity index (χ1n) is 8.54. The number of aryl methyl sites for hydroxylation is 4. The van der Waals surface area contributed by atoms with Crippen molar-refractivity contribution in [3.8, 4) is 0 Å². The van der Waals surface area contributed by atoms with Crippen molar-refractivity contribution in [1.29, 1.82) is 0 Å². The van der Waals surface area contributed by atoms with E-state index in [1.54, 1.807) is 51.6 Å². The molecule has 2 rings (SSSR count). The van der Waals surface area contributed by atoms with Gasteiger partial charge >= 0.3 is 5.97 Å². The molecule has 10 heteroatoms. The van der Waals surface area contributed by atoms with Crippen LogP contribution in [0, 0.1) is 27.7 Å². The number of hydrogen-bond acceptors (Lipinski definition) is 6. The summed E-state index contributed by atoms with van der Waals surface area (Å²) in [6.07, 6.45) is 0. The van der Waals surface area contributed by atoms with Gasteiger partial charge in [0.25, 0.3) is 5.91 Å². The lowest BCUT2D eigenvalue weighted by molar-refractivity contribution is -0.146. The Balaban J connectivity index is 1.88. The normalized spacial score (nSPS) is 11.3. The van der Waals surface area contributed by atoms with Crippen LogP contribution in [0.2, 0.25) is 0 Å². The summed E-state index contributed by atoms with van der Waals surface area (Å²) in [7, 11) is -2.12. The number of sulfonamides is 1. The summed E-state index contributed by atoms with van der Waals surface area (Å²) in [6, 6.07) is 5.01. The van der Waals surface area contributed by atoms with Gasteiger partial charge in [0, 0.05) is 7.05 Å². The van der Waals surface area contributed by atoms with Crippen LogP contribution in [0.1, 0.15) is 22.5 Å². The van der Waals surface area contributed by atoms with Crippen LogP contribution in [0.5, 0.6) is 0 Å². The first-order valence-corrected chi connectivity index (χ1v) is 10.0. The second-order valence-electron chi connectivity index (χ2n) is 6.47. The van der Waals surface area contributed by atoms with Crippen molar-refractivity contribution >= 4 is 27.6 Å². The third-order valence-corrected chi connectivity index (χ3v) is 5.72. The molecule has 28 heavy (non-hydrogen) atoms. The fraction of sp³-hybridized carbons (Fsp3) is 0.389. The van der Waals surface area contributed by atoms with Crippen LogP contribution in [0.25, 0.3) is 0 Å². The highest BCUT2D eigenvalue weighted by atomic mass is 32.2. The Labute approximate surface area is 164 Å². The molecule has 2 N–H and O–H groups in total. The monoisotopic (exact) mass is 408 g/mol. The molecule has 0 saturated carbocycles. The Morgan fingerprint density at radius 2 is 1.86 bits per heavy atom. The van der Waals surface area contributed by atoms with Gasteiger partial charge in [-0.3, -0.25) is 14.3 Å². The average Bonchev–Trinajstić information content (AvgIpc) is 2.86. The molecule has 152 valence electrons. The van der Waals surface area contributed by atoms with Crippen LogP contribution in [-0.2, 0) is 31.4 Å². The fourth-order valence-corrected chi connectivity index (χ4v) is 3.85. The molecule has 9 nitrogen and oxygen atoms in total. The van der Waals surface area contributed by atoms with Gasteiger partial charge in [0.1, 0.15) is 6.54 Å². The molecule has 1 amide bonds. The van der Waals surface area contributed by atoms with Gasteiger partial charge in [-0.1, -0.05) is 12.1 Å². The summed E-state index contributed by atoms with van der Waals surface area (Å²) >= 11 is 0. The van der Waals surface area contributed by atoms with Gasteiger partial charge in [-0.25, -0.2) is 8.42 Å². The molecular weight excluding hydrogens is 384 g/mol. The number of amides is 1. The van der Waals surface area contributed by atoms with E-state index in [0.717, 1.165) is 11.3 Å². The van der Waals surface area contributed by atoms with Crippen molar-refractivity contribution in [2.75, 3.05) is 18.5 Å². The molecule has 0 radical (unpaired) electrons. The Kier molecular flexibility index (Phi) is 6.57. The van der Waals surface area contributed by atoms with Gasteiger partial charge in [0.05, 0.1) is 22.0 Å². The summed E-state index contributed by atoms with van der Waals surface area (Å²) in [4.78, 5) is 23.9. The van der Waals surface area contributed by atoms with Gasteiger partial charge in [-0.15, -0.1) is 0 Å². The zero-order valence-corrected chi connectivity index (χ0v) is 17.3. The Hall–Kier alpha value is -2.72. The highest BCUT2D eigenvalue weighted by molar-refractivity contribution is 7.89. The van der Waals surface area contributed by atoms with Gasteiger partial charge in [-0.2, -0.15) is 9.82 Å². The third-order valence-electron chi connectivity index (χ3n) is 4.18. The van der Waals surface area contributed by atoms with Crippen molar-refractivity contribution in [3.05, 3.63) is 40.7 Å². The van der Waals surface area contributed by atoms with E-state index in [1.165, 1.54) is 6.07 Å². The lowest BCUT2D eigenvalue weighted by atomic mass is 10.2. The van der Waals surface area contributed by atoms with E-state index in [0.29, 0.717) is 16.9 Å². The minimum absolute atomic E-state index is 0.0978. The highest BCUT2D eigenvalue weighted by Gasteiger charge is 2.19. The number of nitrogens with zero attached hydrogens (tertiary/aromatic N) is 2. The SMILES string of the molecule is Cc1ccc(C)c(S(=O)(=O)NCC(=O)OCC(=O)Nc2c(C)nn(C)c2C)c1. The number of ether oxygens (including phenoxy) is 1. The Morgan fingerprint density at radius 1 is 1.18 bits per heavy atom. The van der Waals surface area contributed by atoms with Gasteiger partial charge in [0.2, 0.25) is 10.0 Å². The molecule has 0 aliphatic rings. The van der Waals surface area contributed by atoms with Crippen LogP contribution in [0.3, 0.4) is 0 Å². The maximum atomic E-state index is 12.4. The predicted molar refractivity (Wildman–Crippen MR) is 103 cm³/mol. The number of aromatic nitrogens is 2. The number of anilines is 1. The molecule has 0 atom stereocenters. The molecule has 0 aliphatic heterocycles. The number of carbonyl (C=O) groups is 2. The molecule has 0 saturated heterocycles. The van der Waals surface area contributed by atoms with E-state index in [9.17, 15) is 18.0 Å². The quantitative estimate of drug-likeness (QED) is 0.663. The van der Waals surface area contributed by atoms with E-state index in [4.69, 9.17) is 4.74 Å². The number of nitrogens with one attached hydrogen (secondary N) is 2. The summed E-state index contributed by atoms with van der Waals surface area (Å²) < 4.78 is 33.4. The van der Waals surface area contributed by atoms with Crippen LogP contribution in [-0.4, -0.2) is 43.2 Å². The van der Waals surface area contributed by atoms with Crippen molar-refractivity contribution in [2.45, 2.75) is 32.6 Å². The smallest absolute Gasteiger partial charge is 0.321 e. The number of benzene rings is 1. The minimum atomic E-state index is -3.87. The Bertz CT molecular complexity index is 1010. The molecule has 0 fully saturated rings. The van der Waals surface area contributed by atoms with Crippen LogP contribution < -0.4 is 10.0 Å². The van der Waals surface area contributed by atoms with Crippen molar-refractivity contribution in [1.82, 2.24) is 14.5 Å². The van der Waals surface area contributed by atoms with E-state index >= 15 is 0 Å². The van der Waals surface area contributed by atoms with E-state index in [-0.39, 0.29) is 4.90 Å². The van der Waals surface area contributed by atoms with Crippen LogP contribution in [0.15, 0.2) is 23.1 Å². The molecule has 0 spiro atoms. The lowest BCUT2D eigenvalue weighted by Crippen LogP contribution is -2.32. The number of hydrogen-bond donors (Lipinski definition) is 2. The molecule has 0 bridgehead atoms. The topological polar surface area (TPSA) is 119 Å². The molecule has 1 aromatic heterocycles. The van der Waals surface area contributed by atoms with Gasteiger partial charge < -0.3 is 10.1 Å². The van der Waals surface area contributed by atoms with Crippen LogP contribution in [0.4, 0.5) is 5.69 Å². The fourth-order valence-electron chi connectivity index (χ4n) is 2.56. The summed E-state index contributed by atoms with van der Waals surface area (Å²) in [5.41, 5.74) is 3.30. The molecule has 0 unspecified atom stereocenters. The van der Waals surface area contributed by atoms with E-state index in [2.05, 4.69) is 15.1 Å². The summed E-state index contributed by atoms with van der Waals surface area (Å²) in [6.45, 7) is 5.88. The second kappa shape index (κ2) is 8.53. The molecule has 2 aromatic rings. The van der Waals surface area contributed by atoms with Gasteiger partial charge in [0.15, 0.2) is 6.61 Å². The van der Waals surface area contributed by atoms with E-state index < -0.39 is 35.1 Å². The minimum Gasteiger partial charge on any atom is -0.455 e. The Morgan fingerprint density at radius 3 is 2.46 bits per heavy atom. The molecule has 1 aromatic carbocycles. The maximum absolute atomic E-state index is 12.4. The summed E-state index contributed by atoms with van der Waals surface area (Å²) in [5, 5.41) is 6.80. The largest absolute Gasteiger partial charge is 0.455 e. The molecule has 1 heterocycles. The van der Waals surface area contributed by atoms with Crippen molar-refractivity contribution in [3.63, 3.8) is 0 Å². The predicted octanol–water partition coefficient (Wildman–Crippen LogP) is 1.11. The van der Waals surface area contributed by atoms with Crippen LogP contribution >= 0.6 is 0 Å². The molecular formula is C18H24N4O5S. The standard InChI is InChI=1S/C18H24N4O5S/c1-11-6-7-12(2)15(8-11)28(25,26)19-9-17(24)27-10-16(23)20-18-13(3)21-22(5)14(18)4/h6-8,19H,9-10H2,1-5H3,(H,20,23). The zero-order chi connectivity index (χ0) is 21.1. The maximum Gasteiger partial charge on any atom is 0.321 e. The number of rotatable bonds is 7. The second-order valence-corrected chi connectivity index (χ2v) is 8.21. The van der Waals surface area contributed by atoms with E-state index in [1.807, 2.05) is 0 Å². The summed E-state index contributed by atoms with van der Waals surface area (Å²) in [5.74, 6) is -1.39. The third kappa shape index (κ3) is 5.17. The first kappa shape index (κ1) is 21.6. The van der Waals surface area contributed by atoms with Crippen molar-refractivity contribution < 1.29 is 22.7 Å². The zero-order valence-electron chi connectivity index (χ0n) is 16.5. The number of carbonyl (C=O) groups excluding carboxylic acids is 2. The highest BCUT2D eigenvalue weighted by Crippen LogP contribution is 2.18. The van der Waals surface area contributed by atoms with Gasteiger partial charge in [-0.05, 0) is 44.9 Å². The number of esters is 1.